The minimum Gasteiger partial charge on any atom is -0.299 e. The fourth-order valence-electron chi connectivity index (χ4n) is 2.67. The Morgan fingerprint density at radius 2 is 1.76 bits per heavy atom. The fourth-order valence-corrected chi connectivity index (χ4v) is 3.41. The molecule has 0 N–H and O–H groups in total. The zero-order valence-electron chi connectivity index (χ0n) is 11.6. The average molecular weight is 293 g/mol. The summed E-state index contributed by atoms with van der Waals surface area (Å²) >= 11 is 1.50. The summed E-state index contributed by atoms with van der Waals surface area (Å²) in [5.41, 5.74) is 4.00. The SMILES string of the molecule is c1ccc(CN=c2snc3n2Cc2ccccc2C3)cc1. The summed E-state index contributed by atoms with van der Waals surface area (Å²) < 4.78 is 6.82. The molecule has 0 unspecified atom stereocenters. The molecule has 0 saturated heterocycles. The van der Waals surface area contributed by atoms with Gasteiger partial charge in [-0.15, -0.1) is 0 Å². The van der Waals surface area contributed by atoms with Crippen molar-refractivity contribution in [2.24, 2.45) is 4.99 Å². The molecule has 0 spiro atoms. The van der Waals surface area contributed by atoms with Gasteiger partial charge in [-0.05, 0) is 16.7 Å². The van der Waals surface area contributed by atoms with E-state index in [9.17, 15) is 0 Å². The largest absolute Gasteiger partial charge is 0.299 e. The lowest BCUT2D eigenvalue weighted by atomic mass is 10.0. The second-order valence-electron chi connectivity index (χ2n) is 5.21. The number of rotatable bonds is 2. The molecule has 2 aromatic carbocycles. The third-order valence-electron chi connectivity index (χ3n) is 3.81. The maximum absolute atomic E-state index is 4.74. The van der Waals surface area contributed by atoms with Gasteiger partial charge in [-0.3, -0.25) is 9.56 Å². The van der Waals surface area contributed by atoms with Gasteiger partial charge >= 0.3 is 0 Å². The Kier molecular flexibility index (Phi) is 3.16. The molecule has 3 nitrogen and oxygen atoms in total. The van der Waals surface area contributed by atoms with Crippen molar-refractivity contribution in [2.45, 2.75) is 19.5 Å². The molecule has 1 aliphatic heterocycles. The molecule has 0 saturated carbocycles. The maximum atomic E-state index is 4.74. The first-order chi connectivity index (χ1) is 10.4. The Balaban J connectivity index is 1.67. The molecular formula is C17H15N3S. The van der Waals surface area contributed by atoms with Crippen molar-refractivity contribution in [2.75, 3.05) is 0 Å². The van der Waals surface area contributed by atoms with Crippen molar-refractivity contribution in [3.63, 3.8) is 0 Å². The minimum atomic E-state index is 0.712. The Morgan fingerprint density at radius 3 is 2.62 bits per heavy atom. The van der Waals surface area contributed by atoms with Crippen LogP contribution in [0.4, 0.5) is 0 Å². The first-order valence-electron chi connectivity index (χ1n) is 7.07. The van der Waals surface area contributed by atoms with E-state index in [2.05, 4.69) is 57.5 Å². The summed E-state index contributed by atoms with van der Waals surface area (Å²) in [6, 6.07) is 18.9. The summed E-state index contributed by atoms with van der Waals surface area (Å²) in [4.78, 5) is 5.76. The third kappa shape index (κ3) is 2.43. The number of nitrogens with zero attached hydrogens (tertiary/aromatic N) is 3. The van der Waals surface area contributed by atoms with Gasteiger partial charge in [0.15, 0.2) is 0 Å². The Hall–Kier alpha value is -2.20. The molecule has 4 heteroatoms. The molecule has 4 rings (SSSR count). The predicted octanol–water partition coefficient (Wildman–Crippen LogP) is 3.00. The molecule has 21 heavy (non-hydrogen) atoms. The lowest BCUT2D eigenvalue weighted by molar-refractivity contribution is 0.667. The molecule has 0 fully saturated rings. The van der Waals surface area contributed by atoms with Crippen molar-refractivity contribution in [3.05, 3.63) is 81.9 Å². The van der Waals surface area contributed by atoms with E-state index in [1.54, 1.807) is 0 Å². The summed E-state index contributed by atoms with van der Waals surface area (Å²) in [7, 11) is 0. The summed E-state index contributed by atoms with van der Waals surface area (Å²) in [5, 5.41) is 0. The molecule has 0 amide bonds. The third-order valence-corrected chi connectivity index (χ3v) is 4.63. The van der Waals surface area contributed by atoms with Crippen LogP contribution in [0.25, 0.3) is 0 Å². The van der Waals surface area contributed by atoms with Gasteiger partial charge in [0.1, 0.15) is 5.82 Å². The molecule has 2 heterocycles. The highest BCUT2D eigenvalue weighted by atomic mass is 32.1. The average Bonchev–Trinajstić information content (AvgIpc) is 2.94. The van der Waals surface area contributed by atoms with Gasteiger partial charge in [-0.1, -0.05) is 54.6 Å². The number of hydrogen-bond acceptors (Lipinski definition) is 3. The van der Waals surface area contributed by atoms with Gasteiger partial charge in [-0.25, -0.2) is 0 Å². The molecule has 1 aromatic heterocycles. The second-order valence-corrected chi connectivity index (χ2v) is 5.95. The van der Waals surface area contributed by atoms with Crippen LogP contribution in [0.1, 0.15) is 22.5 Å². The monoisotopic (exact) mass is 293 g/mol. The topological polar surface area (TPSA) is 30.2 Å². The van der Waals surface area contributed by atoms with Crippen molar-refractivity contribution in [3.8, 4) is 0 Å². The molecule has 3 aromatic rings. The van der Waals surface area contributed by atoms with Crippen LogP contribution in [0.2, 0.25) is 0 Å². The number of fused-ring (bicyclic) bond motifs is 2. The van der Waals surface area contributed by atoms with Crippen LogP contribution in [0.5, 0.6) is 0 Å². The molecule has 0 aliphatic carbocycles. The van der Waals surface area contributed by atoms with E-state index in [1.807, 2.05) is 6.07 Å². The Labute approximate surface area is 127 Å². The number of aromatic nitrogens is 2. The van der Waals surface area contributed by atoms with Crippen molar-refractivity contribution in [1.82, 2.24) is 8.94 Å². The Bertz CT molecular complexity index is 830. The van der Waals surface area contributed by atoms with E-state index in [0.717, 1.165) is 23.6 Å². The standard InChI is InChI=1S/C17H15N3S/c1-2-6-13(7-3-1)11-18-17-20-12-15-9-5-4-8-14(15)10-16(20)19-21-17/h1-9H,10-12H2. The van der Waals surface area contributed by atoms with E-state index in [4.69, 9.17) is 4.99 Å². The number of benzene rings is 2. The zero-order valence-corrected chi connectivity index (χ0v) is 12.4. The van der Waals surface area contributed by atoms with E-state index in [-0.39, 0.29) is 0 Å². The minimum absolute atomic E-state index is 0.712. The lowest BCUT2D eigenvalue weighted by Gasteiger charge is -2.17. The van der Waals surface area contributed by atoms with Gasteiger partial charge in [0.25, 0.3) is 0 Å². The van der Waals surface area contributed by atoms with Crippen molar-refractivity contribution < 1.29 is 0 Å². The molecule has 0 atom stereocenters. The zero-order chi connectivity index (χ0) is 14.1. The predicted molar refractivity (Wildman–Crippen MR) is 84.2 cm³/mol. The van der Waals surface area contributed by atoms with E-state index < -0.39 is 0 Å². The Morgan fingerprint density at radius 1 is 1.00 bits per heavy atom. The number of hydrogen-bond donors (Lipinski definition) is 0. The molecule has 1 aliphatic rings. The van der Waals surface area contributed by atoms with E-state index >= 15 is 0 Å². The first-order valence-corrected chi connectivity index (χ1v) is 7.84. The smallest absolute Gasteiger partial charge is 0.204 e. The van der Waals surface area contributed by atoms with Crippen LogP contribution in [0.15, 0.2) is 59.6 Å². The highest BCUT2D eigenvalue weighted by molar-refractivity contribution is 7.02. The molecule has 0 radical (unpaired) electrons. The van der Waals surface area contributed by atoms with Crippen LogP contribution < -0.4 is 4.80 Å². The normalized spacial score (nSPS) is 13.8. The van der Waals surface area contributed by atoms with Crippen LogP contribution in [-0.2, 0) is 19.5 Å². The van der Waals surface area contributed by atoms with Gasteiger partial charge in [0.05, 0.1) is 13.1 Å². The van der Waals surface area contributed by atoms with Crippen LogP contribution >= 0.6 is 11.5 Å². The highest BCUT2D eigenvalue weighted by Crippen LogP contribution is 2.19. The van der Waals surface area contributed by atoms with E-state index in [0.29, 0.717) is 6.54 Å². The summed E-state index contributed by atoms with van der Waals surface area (Å²) in [6.07, 6.45) is 0.910. The van der Waals surface area contributed by atoms with Crippen molar-refractivity contribution >= 4 is 11.5 Å². The lowest BCUT2D eigenvalue weighted by Crippen LogP contribution is -2.23. The quantitative estimate of drug-likeness (QED) is 0.559. The summed E-state index contributed by atoms with van der Waals surface area (Å²) in [6.45, 7) is 1.60. The second kappa shape index (κ2) is 5.30. The molecule has 104 valence electrons. The fraction of sp³-hybridized carbons (Fsp3) is 0.176. The van der Waals surface area contributed by atoms with E-state index in [1.165, 1.54) is 28.2 Å². The van der Waals surface area contributed by atoms with Gasteiger partial charge in [-0.2, -0.15) is 4.37 Å². The van der Waals surface area contributed by atoms with Crippen LogP contribution in [0.3, 0.4) is 0 Å². The van der Waals surface area contributed by atoms with Gasteiger partial charge < -0.3 is 0 Å². The molecule has 0 bridgehead atoms. The van der Waals surface area contributed by atoms with Gasteiger partial charge in [0, 0.05) is 18.0 Å². The maximum Gasteiger partial charge on any atom is 0.204 e. The highest BCUT2D eigenvalue weighted by Gasteiger charge is 2.17. The molecular weight excluding hydrogens is 278 g/mol. The van der Waals surface area contributed by atoms with Crippen LogP contribution in [-0.4, -0.2) is 8.94 Å². The van der Waals surface area contributed by atoms with Crippen LogP contribution in [0, 0.1) is 0 Å². The first kappa shape index (κ1) is 12.5. The van der Waals surface area contributed by atoms with Crippen molar-refractivity contribution in [1.29, 1.82) is 0 Å². The van der Waals surface area contributed by atoms with Gasteiger partial charge in [0.2, 0.25) is 4.80 Å². The summed E-state index contributed by atoms with van der Waals surface area (Å²) in [5.74, 6) is 1.13.